The van der Waals surface area contributed by atoms with Gasteiger partial charge in [-0.05, 0) is 19.1 Å². The molecule has 5 heteroatoms. The summed E-state index contributed by atoms with van der Waals surface area (Å²) in [6.45, 7) is 1.83. The number of anilines is 1. The summed E-state index contributed by atoms with van der Waals surface area (Å²) >= 11 is 4.19. The van der Waals surface area contributed by atoms with Crippen molar-refractivity contribution in [2.24, 2.45) is 0 Å². The molecule has 15 heavy (non-hydrogen) atoms. The molecule has 0 saturated heterocycles. The molecule has 4 nitrogen and oxygen atoms in total. The molecule has 0 spiro atoms. The average Bonchev–Trinajstić information content (AvgIpc) is 2.18. The zero-order valence-electron chi connectivity index (χ0n) is 8.40. The van der Waals surface area contributed by atoms with Crippen LogP contribution in [0.5, 0.6) is 0 Å². The van der Waals surface area contributed by atoms with E-state index in [2.05, 4.69) is 23.3 Å². The summed E-state index contributed by atoms with van der Waals surface area (Å²) in [4.78, 5) is 12.0. The molecule has 0 fully saturated rings. The first-order valence-electron chi connectivity index (χ1n) is 4.60. The molecule has 0 bridgehead atoms. The van der Waals surface area contributed by atoms with Gasteiger partial charge in [-0.15, -0.1) is 12.6 Å². The fourth-order valence-electron chi connectivity index (χ4n) is 0.986. The Morgan fingerprint density at radius 2 is 2.20 bits per heavy atom. The minimum absolute atomic E-state index is 0.223. The zero-order chi connectivity index (χ0) is 11.3. The van der Waals surface area contributed by atoms with Gasteiger partial charge in [0.05, 0.1) is 11.8 Å². The van der Waals surface area contributed by atoms with Crippen LogP contribution >= 0.6 is 12.6 Å². The molecule has 0 aliphatic rings. The van der Waals surface area contributed by atoms with E-state index in [9.17, 15) is 4.79 Å². The van der Waals surface area contributed by atoms with Crippen molar-refractivity contribution in [3.8, 4) is 0 Å². The number of aliphatic hydroxyl groups is 1. The van der Waals surface area contributed by atoms with Crippen LogP contribution in [0.4, 0.5) is 10.5 Å². The molecule has 1 rings (SSSR count). The van der Waals surface area contributed by atoms with Crippen molar-refractivity contribution in [2.75, 3.05) is 11.9 Å². The van der Waals surface area contributed by atoms with Crippen molar-refractivity contribution in [2.45, 2.75) is 17.9 Å². The number of urea groups is 1. The third-order valence-corrected chi connectivity index (χ3v) is 2.10. The number of benzene rings is 1. The van der Waals surface area contributed by atoms with Gasteiger partial charge in [0, 0.05) is 11.4 Å². The number of hydrogen-bond donors (Lipinski definition) is 4. The zero-order valence-corrected chi connectivity index (χ0v) is 9.29. The second-order valence-electron chi connectivity index (χ2n) is 3.20. The molecule has 0 aliphatic carbocycles. The van der Waals surface area contributed by atoms with Crippen LogP contribution in [-0.2, 0) is 0 Å². The standard InChI is InChI=1S/C10H14N2O2S/c1-7(13)6-11-10(14)12-8-4-2-3-5-9(8)15/h2-5,7,13,15H,6H2,1H3,(H2,11,12,14). The van der Waals surface area contributed by atoms with Crippen LogP contribution in [-0.4, -0.2) is 23.8 Å². The largest absolute Gasteiger partial charge is 0.392 e. The van der Waals surface area contributed by atoms with Gasteiger partial charge >= 0.3 is 6.03 Å². The third kappa shape index (κ3) is 4.22. The van der Waals surface area contributed by atoms with Crippen LogP contribution < -0.4 is 10.6 Å². The van der Waals surface area contributed by atoms with Gasteiger partial charge < -0.3 is 15.7 Å². The maximum absolute atomic E-state index is 11.3. The number of para-hydroxylation sites is 1. The molecule has 1 aromatic carbocycles. The Hall–Kier alpha value is -1.20. The van der Waals surface area contributed by atoms with Gasteiger partial charge in [0.15, 0.2) is 0 Å². The smallest absolute Gasteiger partial charge is 0.319 e. The third-order valence-electron chi connectivity index (χ3n) is 1.71. The number of thiol groups is 1. The Kier molecular flexibility index (Phi) is 4.45. The van der Waals surface area contributed by atoms with Crippen LogP contribution in [0.25, 0.3) is 0 Å². The van der Waals surface area contributed by atoms with E-state index in [1.807, 2.05) is 12.1 Å². The van der Waals surface area contributed by atoms with Crippen LogP contribution in [0.3, 0.4) is 0 Å². The van der Waals surface area contributed by atoms with E-state index in [-0.39, 0.29) is 12.6 Å². The van der Waals surface area contributed by atoms with Gasteiger partial charge in [-0.2, -0.15) is 0 Å². The molecule has 1 atom stereocenters. The summed E-state index contributed by atoms with van der Waals surface area (Å²) in [5.74, 6) is 0. The number of carbonyl (C=O) groups is 1. The fourth-order valence-corrected chi connectivity index (χ4v) is 1.20. The lowest BCUT2D eigenvalue weighted by atomic mass is 10.3. The quantitative estimate of drug-likeness (QED) is 0.590. The highest BCUT2D eigenvalue weighted by atomic mass is 32.1. The van der Waals surface area contributed by atoms with Crippen molar-refractivity contribution >= 4 is 24.3 Å². The predicted octanol–water partition coefficient (Wildman–Crippen LogP) is 1.48. The predicted molar refractivity (Wildman–Crippen MR) is 62.4 cm³/mol. The van der Waals surface area contributed by atoms with Crippen molar-refractivity contribution < 1.29 is 9.90 Å². The normalized spacial score (nSPS) is 11.9. The minimum Gasteiger partial charge on any atom is -0.392 e. The average molecular weight is 226 g/mol. The molecule has 0 saturated carbocycles. The molecular formula is C10H14N2O2S. The highest BCUT2D eigenvalue weighted by Gasteiger charge is 2.04. The SMILES string of the molecule is CC(O)CNC(=O)Nc1ccccc1S. The molecule has 0 radical (unpaired) electrons. The van der Waals surface area contributed by atoms with Crippen molar-refractivity contribution in [3.05, 3.63) is 24.3 Å². The van der Waals surface area contributed by atoms with E-state index >= 15 is 0 Å². The molecule has 0 aliphatic heterocycles. The van der Waals surface area contributed by atoms with E-state index < -0.39 is 6.10 Å². The lowest BCUT2D eigenvalue weighted by Crippen LogP contribution is -2.34. The minimum atomic E-state index is -0.554. The van der Waals surface area contributed by atoms with Crippen LogP contribution in [0.15, 0.2) is 29.2 Å². The second kappa shape index (κ2) is 5.63. The number of aliphatic hydroxyl groups excluding tert-OH is 1. The first kappa shape index (κ1) is 11.9. The Morgan fingerprint density at radius 1 is 1.53 bits per heavy atom. The molecule has 0 heterocycles. The van der Waals surface area contributed by atoms with Crippen molar-refractivity contribution in [1.29, 1.82) is 0 Å². The number of hydrogen-bond acceptors (Lipinski definition) is 3. The Bertz CT molecular complexity index is 342. The highest BCUT2D eigenvalue weighted by Crippen LogP contribution is 2.17. The topological polar surface area (TPSA) is 61.4 Å². The molecule has 1 aromatic rings. The van der Waals surface area contributed by atoms with E-state index in [0.717, 1.165) is 0 Å². The van der Waals surface area contributed by atoms with Gasteiger partial charge in [0.2, 0.25) is 0 Å². The summed E-state index contributed by atoms with van der Waals surface area (Å²) in [5, 5.41) is 14.1. The maximum Gasteiger partial charge on any atom is 0.319 e. The highest BCUT2D eigenvalue weighted by molar-refractivity contribution is 7.80. The summed E-state index contributed by atoms with van der Waals surface area (Å²) in [7, 11) is 0. The lowest BCUT2D eigenvalue weighted by Gasteiger charge is -2.10. The fraction of sp³-hybridized carbons (Fsp3) is 0.300. The monoisotopic (exact) mass is 226 g/mol. The van der Waals surface area contributed by atoms with Gasteiger partial charge in [0.1, 0.15) is 0 Å². The molecule has 1 unspecified atom stereocenters. The van der Waals surface area contributed by atoms with Crippen molar-refractivity contribution in [3.63, 3.8) is 0 Å². The van der Waals surface area contributed by atoms with E-state index in [0.29, 0.717) is 10.6 Å². The molecule has 2 amide bonds. The first-order valence-corrected chi connectivity index (χ1v) is 5.05. The molecular weight excluding hydrogens is 212 g/mol. The second-order valence-corrected chi connectivity index (χ2v) is 3.68. The summed E-state index contributed by atoms with van der Waals surface area (Å²) in [6.07, 6.45) is -0.554. The van der Waals surface area contributed by atoms with E-state index in [4.69, 9.17) is 5.11 Å². The van der Waals surface area contributed by atoms with Crippen LogP contribution in [0.2, 0.25) is 0 Å². The summed E-state index contributed by atoms with van der Waals surface area (Å²) < 4.78 is 0. The van der Waals surface area contributed by atoms with Crippen molar-refractivity contribution in [1.82, 2.24) is 5.32 Å². The Balaban J connectivity index is 2.48. The summed E-state index contributed by atoms with van der Waals surface area (Å²) in [5.41, 5.74) is 0.643. The number of nitrogens with one attached hydrogen (secondary N) is 2. The molecule has 0 aromatic heterocycles. The summed E-state index contributed by atoms with van der Waals surface area (Å²) in [6, 6.07) is 6.83. The van der Waals surface area contributed by atoms with Gasteiger partial charge in [-0.3, -0.25) is 0 Å². The first-order chi connectivity index (χ1) is 7.09. The Labute approximate surface area is 94.1 Å². The number of rotatable bonds is 3. The van der Waals surface area contributed by atoms with Gasteiger partial charge in [-0.1, -0.05) is 12.1 Å². The lowest BCUT2D eigenvalue weighted by molar-refractivity contribution is 0.190. The van der Waals surface area contributed by atoms with Crippen LogP contribution in [0.1, 0.15) is 6.92 Å². The van der Waals surface area contributed by atoms with E-state index in [1.54, 1.807) is 19.1 Å². The van der Waals surface area contributed by atoms with Gasteiger partial charge in [0.25, 0.3) is 0 Å². The number of amides is 2. The maximum atomic E-state index is 11.3. The number of carbonyl (C=O) groups excluding carboxylic acids is 1. The van der Waals surface area contributed by atoms with E-state index in [1.165, 1.54) is 0 Å². The molecule has 82 valence electrons. The van der Waals surface area contributed by atoms with Crippen LogP contribution in [0, 0.1) is 0 Å². The molecule has 3 N–H and O–H groups in total. The van der Waals surface area contributed by atoms with Gasteiger partial charge in [-0.25, -0.2) is 4.79 Å². The Morgan fingerprint density at radius 3 is 2.80 bits per heavy atom.